The van der Waals surface area contributed by atoms with Gasteiger partial charge < -0.3 is 0 Å². The van der Waals surface area contributed by atoms with Crippen LogP contribution < -0.4 is 0 Å². The highest BCUT2D eigenvalue weighted by Gasteiger charge is 2.22. The van der Waals surface area contributed by atoms with Crippen LogP contribution in [0.5, 0.6) is 0 Å². The van der Waals surface area contributed by atoms with E-state index in [1.54, 1.807) is 16.7 Å². The quantitative estimate of drug-likeness (QED) is 0.494. The molecule has 0 radical (unpaired) electrons. The van der Waals surface area contributed by atoms with Gasteiger partial charge in [0.15, 0.2) is 0 Å². The standard InChI is InChI=1S/C21H24/c1-2-4-6-11-18-16(9-5-3-1)13-14-20-19-12-8-7-10-17(19)15-21(18)20/h7-8,10,12-14H,1-6,9,11,15H2. The first-order valence-corrected chi connectivity index (χ1v) is 8.65. The molecular formula is C21H24. The highest BCUT2D eigenvalue weighted by atomic mass is 14.3. The van der Waals surface area contributed by atoms with Gasteiger partial charge in [0.1, 0.15) is 0 Å². The minimum atomic E-state index is 1.16. The number of rotatable bonds is 0. The van der Waals surface area contributed by atoms with E-state index in [1.165, 1.54) is 68.1 Å². The average Bonchev–Trinajstić information content (AvgIpc) is 2.90. The molecule has 4 rings (SSSR count). The molecule has 0 nitrogen and oxygen atoms in total. The van der Waals surface area contributed by atoms with Crippen LogP contribution in [0.25, 0.3) is 11.1 Å². The Hall–Kier alpha value is -1.56. The molecule has 0 spiro atoms. The summed E-state index contributed by atoms with van der Waals surface area (Å²) in [5.74, 6) is 0. The molecule has 2 aromatic carbocycles. The lowest BCUT2D eigenvalue weighted by atomic mass is 9.88. The van der Waals surface area contributed by atoms with Crippen molar-refractivity contribution in [3.63, 3.8) is 0 Å². The Morgan fingerprint density at radius 2 is 1.29 bits per heavy atom. The lowest BCUT2D eigenvalue weighted by Gasteiger charge is -2.16. The van der Waals surface area contributed by atoms with E-state index < -0.39 is 0 Å². The lowest BCUT2D eigenvalue weighted by Crippen LogP contribution is -2.02. The predicted octanol–water partition coefficient (Wildman–Crippen LogP) is 5.70. The molecule has 2 aromatic rings. The van der Waals surface area contributed by atoms with Crippen molar-refractivity contribution in [2.45, 2.75) is 57.8 Å². The first-order valence-electron chi connectivity index (χ1n) is 8.65. The van der Waals surface area contributed by atoms with Crippen LogP contribution in [0, 0.1) is 0 Å². The van der Waals surface area contributed by atoms with Gasteiger partial charge in [0.05, 0.1) is 0 Å². The molecule has 0 aromatic heterocycles. The molecule has 0 heterocycles. The van der Waals surface area contributed by atoms with Crippen LogP contribution in [-0.2, 0) is 19.3 Å². The Balaban J connectivity index is 1.77. The van der Waals surface area contributed by atoms with E-state index in [2.05, 4.69) is 36.4 Å². The van der Waals surface area contributed by atoms with E-state index in [-0.39, 0.29) is 0 Å². The summed E-state index contributed by atoms with van der Waals surface area (Å²) in [6, 6.07) is 13.8. The summed E-state index contributed by atoms with van der Waals surface area (Å²) in [4.78, 5) is 0. The lowest BCUT2D eigenvalue weighted by molar-refractivity contribution is 0.580. The molecule has 0 saturated carbocycles. The maximum atomic E-state index is 2.43. The van der Waals surface area contributed by atoms with Gasteiger partial charge >= 0.3 is 0 Å². The van der Waals surface area contributed by atoms with Gasteiger partial charge in [-0.1, -0.05) is 62.1 Å². The second-order valence-corrected chi connectivity index (χ2v) is 6.68. The van der Waals surface area contributed by atoms with E-state index >= 15 is 0 Å². The summed E-state index contributed by atoms with van der Waals surface area (Å²) < 4.78 is 0. The molecule has 0 atom stereocenters. The van der Waals surface area contributed by atoms with Crippen molar-refractivity contribution < 1.29 is 0 Å². The minimum absolute atomic E-state index is 1.16. The predicted molar refractivity (Wildman–Crippen MR) is 89.8 cm³/mol. The van der Waals surface area contributed by atoms with Gasteiger partial charge in [0.2, 0.25) is 0 Å². The summed E-state index contributed by atoms with van der Waals surface area (Å²) in [5.41, 5.74) is 9.51. The van der Waals surface area contributed by atoms with Crippen LogP contribution >= 0.6 is 0 Å². The molecule has 2 aliphatic rings. The largest absolute Gasteiger partial charge is 0.0619 e. The van der Waals surface area contributed by atoms with E-state index in [9.17, 15) is 0 Å². The Morgan fingerprint density at radius 1 is 0.524 bits per heavy atom. The zero-order valence-electron chi connectivity index (χ0n) is 12.8. The van der Waals surface area contributed by atoms with Crippen molar-refractivity contribution in [2.24, 2.45) is 0 Å². The third-order valence-electron chi connectivity index (χ3n) is 5.33. The molecule has 21 heavy (non-hydrogen) atoms. The highest BCUT2D eigenvalue weighted by molar-refractivity contribution is 5.78. The SMILES string of the molecule is c1ccc2c(c1)Cc1c-2ccc2c1CCCCCCCC2. The Morgan fingerprint density at radius 3 is 2.19 bits per heavy atom. The number of fused-ring (bicyclic) bond motifs is 5. The number of hydrogen-bond donors (Lipinski definition) is 0. The van der Waals surface area contributed by atoms with Crippen molar-refractivity contribution in [3.05, 3.63) is 58.7 Å². The molecule has 0 bridgehead atoms. The summed E-state index contributed by atoms with van der Waals surface area (Å²) in [5, 5.41) is 0. The molecule has 0 unspecified atom stereocenters. The summed E-state index contributed by atoms with van der Waals surface area (Å²) >= 11 is 0. The van der Waals surface area contributed by atoms with Gasteiger partial charge in [0.25, 0.3) is 0 Å². The van der Waals surface area contributed by atoms with Gasteiger partial charge in [-0.3, -0.25) is 0 Å². The minimum Gasteiger partial charge on any atom is -0.0619 e. The maximum Gasteiger partial charge on any atom is -0.00106 e. The van der Waals surface area contributed by atoms with Gasteiger partial charge in [-0.05, 0) is 65.5 Å². The summed E-state index contributed by atoms with van der Waals surface area (Å²) in [6.45, 7) is 0. The smallest absolute Gasteiger partial charge is 0.00106 e. The monoisotopic (exact) mass is 276 g/mol. The van der Waals surface area contributed by atoms with Gasteiger partial charge in [-0.25, -0.2) is 0 Å². The number of benzene rings is 2. The fourth-order valence-corrected chi connectivity index (χ4v) is 4.19. The van der Waals surface area contributed by atoms with E-state index in [0.717, 1.165) is 6.42 Å². The first kappa shape index (κ1) is 13.1. The fraction of sp³-hybridized carbons (Fsp3) is 0.429. The fourth-order valence-electron chi connectivity index (χ4n) is 4.19. The Kier molecular flexibility index (Phi) is 3.55. The van der Waals surface area contributed by atoms with E-state index in [4.69, 9.17) is 0 Å². The molecule has 0 saturated heterocycles. The third kappa shape index (κ3) is 2.41. The van der Waals surface area contributed by atoms with Crippen LogP contribution in [-0.4, -0.2) is 0 Å². The normalized spacial score (nSPS) is 17.7. The van der Waals surface area contributed by atoms with E-state index in [0.29, 0.717) is 0 Å². The third-order valence-corrected chi connectivity index (χ3v) is 5.33. The van der Waals surface area contributed by atoms with Gasteiger partial charge in [0, 0.05) is 0 Å². The van der Waals surface area contributed by atoms with Crippen LogP contribution in [0.1, 0.15) is 60.8 Å². The summed E-state index contributed by atoms with van der Waals surface area (Å²) in [6.07, 6.45) is 12.2. The molecule has 0 N–H and O–H groups in total. The second-order valence-electron chi connectivity index (χ2n) is 6.68. The zero-order chi connectivity index (χ0) is 14.1. The molecule has 0 aliphatic heterocycles. The van der Waals surface area contributed by atoms with Crippen molar-refractivity contribution in [1.82, 2.24) is 0 Å². The highest BCUT2D eigenvalue weighted by Crippen LogP contribution is 2.40. The zero-order valence-corrected chi connectivity index (χ0v) is 12.8. The Bertz CT molecular complexity index is 651. The molecule has 0 amide bonds. The second kappa shape index (κ2) is 5.67. The maximum absolute atomic E-state index is 2.43. The summed E-state index contributed by atoms with van der Waals surface area (Å²) in [7, 11) is 0. The van der Waals surface area contributed by atoms with Gasteiger partial charge in [-0.15, -0.1) is 0 Å². The molecular weight excluding hydrogens is 252 g/mol. The van der Waals surface area contributed by atoms with Crippen LogP contribution in [0.3, 0.4) is 0 Å². The van der Waals surface area contributed by atoms with Gasteiger partial charge in [-0.2, -0.15) is 0 Å². The van der Waals surface area contributed by atoms with Crippen molar-refractivity contribution >= 4 is 0 Å². The topological polar surface area (TPSA) is 0 Å². The molecule has 2 aliphatic carbocycles. The number of hydrogen-bond acceptors (Lipinski definition) is 0. The first-order chi connectivity index (χ1) is 10.4. The molecule has 0 heteroatoms. The van der Waals surface area contributed by atoms with Crippen LogP contribution in [0.4, 0.5) is 0 Å². The molecule has 108 valence electrons. The van der Waals surface area contributed by atoms with Crippen LogP contribution in [0.2, 0.25) is 0 Å². The van der Waals surface area contributed by atoms with Crippen molar-refractivity contribution in [1.29, 1.82) is 0 Å². The Labute approximate surface area is 128 Å². The molecule has 0 fully saturated rings. The van der Waals surface area contributed by atoms with Crippen molar-refractivity contribution in [2.75, 3.05) is 0 Å². The van der Waals surface area contributed by atoms with Crippen LogP contribution in [0.15, 0.2) is 36.4 Å². The van der Waals surface area contributed by atoms with E-state index in [1.807, 2.05) is 0 Å². The number of aryl methyl sites for hydroxylation is 1. The average molecular weight is 276 g/mol. The van der Waals surface area contributed by atoms with Crippen molar-refractivity contribution in [3.8, 4) is 11.1 Å².